The minimum Gasteiger partial charge on any atom is -0.446 e. The molecule has 0 saturated carbocycles. The lowest BCUT2D eigenvalue weighted by atomic mass is 10.1. The first kappa shape index (κ1) is 10.6. The number of thiophene rings is 1. The van der Waals surface area contributed by atoms with E-state index < -0.39 is 0 Å². The zero-order valence-corrected chi connectivity index (χ0v) is 10.3. The van der Waals surface area contributed by atoms with Crippen molar-refractivity contribution >= 4 is 33.0 Å². The first-order valence-electron chi connectivity index (χ1n) is 4.55. The van der Waals surface area contributed by atoms with Gasteiger partial charge in [0.2, 0.25) is 0 Å². The summed E-state index contributed by atoms with van der Waals surface area (Å²) in [6.07, 6.45) is 1.28. The Morgan fingerprint density at radius 3 is 2.87 bits per heavy atom. The van der Waals surface area contributed by atoms with E-state index in [1.54, 1.807) is 23.5 Å². The van der Waals surface area contributed by atoms with Gasteiger partial charge in [0, 0.05) is 6.42 Å². The zero-order chi connectivity index (χ0) is 10.7. The van der Waals surface area contributed by atoms with Crippen LogP contribution in [0.15, 0.2) is 38.0 Å². The fourth-order valence-electron chi connectivity index (χ4n) is 1.28. The summed E-state index contributed by atoms with van der Waals surface area (Å²) < 4.78 is 5.78. The number of aryl methyl sites for hydroxylation is 1. The van der Waals surface area contributed by atoms with E-state index in [-0.39, 0.29) is 5.78 Å². The smallest absolute Gasteiger partial charge is 0.198 e. The summed E-state index contributed by atoms with van der Waals surface area (Å²) in [7, 11) is 0. The van der Waals surface area contributed by atoms with Gasteiger partial charge in [0.05, 0.1) is 0 Å². The maximum absolute atomic E-state index is 11.6. The van der Waals surface area contributed by atoms with Crippen LogP contribution in [0.25, 0.3) is 0 Å². The Bertz CT molecular complexity index is 445. The Balaban J connectivity index is 1.93. The van der Waals surface area contributed by atoms with Gasteiger partial charge in [-0.25, -0.2) is 0 Å². The second kappa shape index (κ2) is 4.77. The Hall–Kier alpha value is -0.870. The van der Waals surface area contributed by atoms with Crippen molar-refractivity contribution in [3.63, 3.8) is 0 Å². The highest BCUT2D eigenvalue weighted by molar-refractivity contribution is 9.10. The van der Waals surface area contributed by atoms with Crippen molar-refractivity contribution in [3.05, 3.63) is 45.0 Å². The van der Waals surface area contributed by atoms with Crippen LogP contribution in [0, 0.1) is 0 Å². The minimum absolute atomic E-state index is 0.0481. The highest BCUT2D eigenvalue weighted by atomic mass is 79.9. The standard InChI is InChI=1S/C11H9BrO2S/c12-11-4-3-10(14-11)9(13)2-1-8-5-6-15-7-8/h3-7H,1-2H2. The van der Waals surface area contributed by atoms with Crippen LogP contribution < -0.4 is 0 Å². The highest BCUT2D eigenvalue weighted by Gasteiger charge is 2.10. The Labute approximate surface area is 100 Å². The van der Waals surface area contributed by atoms with E-state index in [2.05, 4.69) is 21.3 Å². The fourth-order valence-corrected chi connectivity index (χ4v) is 2.29. The quantitative estimate of drug-likeness (QED) is 0.797. The van der Waals surface area contributed by atoms with Gasteiger partial charge in [-0.1, -0.05) is 0 Å². The lowest BCUT2D eigenvalue weighted by Crippen LogP contribution is -1.98. The summed E-state index contributed by atoms with van der Waals surface area (Å²) in [6, 6.07) is 5.47. The third kappa shape index (κ3) is 2.79. The molecule has 0 saturated heterocycles. The van der Waals surface area contributed by atoms with Gasteiger partial charge >= 0.3 is 0 Å². The molecule has 0 radical (unpaired) electrons. The summed E-state index contributed by atoms with van der Waals surface area (Å²) in [5.41, 5.74) is 1.21. The molecule has 0 amide bonds. The van der Waals surface area contributed by atoms with Gasteiger partial charge in [0.25, 0.3) is 0 Å². The first-order chi connectivity index (χ1) is 7.25. The molecular formula is C11H9BrO2S. The molecule has 2 aromatic heterocycles. The number of Topliss-reactive ketones (excluding diaryl/α,β-unsaturated/α-hetero) is 1. The van der Waals surface area contributed by atoms with E-state index in [0.29, 0.717) is 16.9 Å². The van der Waals surface area contributed by atoms with Gasteiger partial charge in [-0.3, -0.25) is 4.79 Å². The molecule has 0 spiro atoms. The van der Waals surface area contributed by atoms with Crippen molar-refractivity contribution in [2.45, 2.75) is 12.8 Å². The van der Waals surface area contributed by atoms with E-state index in [4.69, 9.17) is 4.42 Å². The largest absolute Gasteiger partial charge is 0.446 e. The zero-order valence-electron chi connectivity index (χ0n) is 7.90. The van der Waals surface area contributed by atoms with Crippen molar-refractivity contribution in [2.75, 3.05) is 0 Å². The molecule has 0 bridgehead atoms. The number of carbonyl (C=O) groups excluding carboxylic acids is 1. The topological polar surface area (TPSA) is 30.2 Å². The molecule has 2 nitrogen and oxygen atoms in total. The molecule has 0 fully saturated rings. The summed E-state index contributed by atoms with van der Waals surface area (Å²) in [5.74, 6) is 0.476. The summed E-state index contributed by atoms with van der Waals surface area (Å²) >= 11 is 4.82. The van der Waals surface area contributed by atoms with Crippen molar-refractivity contribution in [2.24, 2.45) is 0 Å². The second-order valence-corrected chi connectivity index (χ2v) is 4.72. The molecule has 0 atom stereocenters. The van der Waals surface area contributed by atoms with Crippen LogP contribution in [0.4, 0.5) is 0 Å². The summed E-state index contributed by atoms with van der Waals surface area (Å²) in [4.78, 5) is 11.6. The van der Waals surface area contributed by atoms with E-state index in [1.807, 2.05) is 11.4 Å². The second-order valence-electron chi connectivity index (χ2n) is 3.16. The molecule has 0 aliphatic rings. The van der Waals surface area contributed by atoms with Gasteiger partial charge in [0.1, 0.15) is 0 Å². The predicted octanol–water partition coefficient (Wildman–Crippen LogP) is 3.92. The lowest BCUT2D eigenvalue weighted by Gasteiger charge is -1.95. The summed E-state index contributed by atoms with van der Waals surface area (Å²) in [6.45, 7) is 0. The van der Waals surface area contributed by atoms with Crippen molar-refractivity contribution in [1.29, 1.82) is 0 Å². The van der Waals surface area contributed by atoms with Crippen molar-refractivity contribution in [1.82, 2.24) is 0 Å². The van der Waals surface area contributed by atoms with Crippen LogP contribution in [0.5, 0.6) is 0 Å². The van der Waals surface area contributed by atoms with Crippen molar-refractivity contribution in [3.8, 4) is 0 Å². The molecule has 0 aliphatic carbocycles. The molecule has 2 heterocycles. The molecule has 0 aliphatic heterocycles. The molecule has 2 aromatic rings. The van der Waals surface area contributed by atoms with E-state index >= 15 is 0 Å². The molecule has 0 N–H and O–H groups in total. The van der Waals surface area contributed by atoms with Crippen LogP contribution in [-0.2, 0) is 6.42 Å². The first-order valence-corrected chi connectivity index (χ1v) is 6.29. The number of furan rings is 1. The van der Waals surface area contributed by atoms with Crippen LogP contribution in [0.3, 0.4) is 0 Å². The van der Waals surface area contributed by atoms with Gasteiger partial charge in [-0.05, 0) is 56.9 Å². The Kier molecular flexibility index (Phi) is 3.38. The third-order valence-corrected chi connectivity index (χ3v) is 3.23. The molecule has 0 unspecified atom stereocenters. The average molecular weight is 285 g/mol. The van der Waals surface area contributed by atoms with Gasteiger partial charge < -0.3 is 4.42 Å². The number of carbonyl (C=O) groups is 1. The lowest BCUT2D eigenvalue weighted by molar-refractivity contribution is 0.0955. The average Bonchev–Trinajstić information content (AvgIpc) is 2.84. The SMILES string of the molecule is O=C(CCc1ccsc1)c1ccc(Br)o1. The van der Waals surface area contributed by atoms with Crippen molar-refractivity contribution < 1.29 is 9.21 Å². The van der Waals surface area contributed by atoms with Gasteiger partial charge in [-0.2, -0.15) is 11.3 Å². The molecule has 4 heteroatoms. The number of ketones is 1. The fraction of sp³-hybridized carbons (Fsp3) is 0.182. The van der Waals surface area contributed by atoms with Crippen LogP contribution in [0.2, 0.25) is 0 Å². The van der Waals surface area contributed by atoms with Gasteiger partial charge in [-0.15, -0.1) is 0 Å². The van der Waals surface area contributed by atoms with E-state index in [9.17, 15) is 4.79 Å². The predicted molar refractivity (Wildman–Crippen MR) is 63.4 cm³/mol. The Morgan fingerprint density at radius 1 is 1.40 bits per heavy atom. The normalized spacial score (nSPS) is 10.5. The highest BCUT2D eigenvalue weighted by Crippen LogP contribution is 2.17. The Morgan fingerprint density at radius 2 is 2.27 bits per heavy atom. The molecule has 15 heavy (non-hydrogen) atoms. The van der Waals surface area contributed by atoms with Crippen LogP contribution in [-0.4, -0.2) is 5.78 Å². The van der Waals surface area contributed by atoms with Gasteiger partial charge in [0.15, 0.2) is 16.2 Å². The third-order valence-electron chi connectivity index (χ3n) is 2.07. The maximum Gasteiger partial charge on any atom is 0.198 e. The number of hydrogen-bond acceptors (Lipinski definition) is 3. The van der Waals surface area contributed by atoms with E-state index in [1.165, 1.54) is 5.56 Å². The molecule has 78 valence electrons. The van der Waals surface area contributed by atoms with Crippen LogP contribution >= 0.6 is 27.3 Å². The maximum atomic E-state index is 11.6. The molecule has 2 rings (SSSR count). The van der Waals surface area contributed by atoms with E-state index in [0.717, 1.165) is 6.42 Å². The summed E-state index contributed by atoms with van der Waals surface area (Å²) in [5, 5.41) is 4.08. The van der Waals surface area contributed by atoms with Crippen LogP contribution in [0.1, 0.15) is 22.5 Å². The number of halogens is 1. The molecular weight excluding hydrogens is 276 g/mol. The number of hydrogen-bond donors (Lipinski definition) is 0. The minimum atomic E-state index is 0.0481. The monoisotopic (exact) mass is 284 g/mol. The molecule has 0 aromatic carbocycles. The number of rotatable bonds is 4.